The van der Waals surface area contributed by atoms with Crippen LogP contribution in [0.15, 0.2) is 36.8 Å². The summed E-state index contributed by atoms with van der Waals surface area (Å²) in [5, 5.41) is 0.796. The Labute approximate surface area is 103 Å². The van der Waals surface area contributed by atoms with Crippen molar-refractivity contribution < 1.29 is 4.39 Å². The van der Waals surface area contributed by atoms with Crippen molar-refractivity contribution in [3.63, 3.8) is 0 Å². The largest absolute Gasteiger partial charge is 0.360 e. The van der Waals surface area contributed by atoms with E-state index >= 15 is 0 Å². The van der Waals surface area contributed by atoms with Crippen molar-refractivity contribution in [3.05, 3.63) is 48.3 Å². The number of halogens is 1. The highest BCUT2D eigenvalue weighted by Gasteiger charge is 2.08. The lowest BCUT2D eigenvalue weighted by atomic mass is 10.1. The van der Waals surface area contributed by atoms with Crippen LogP contribution in [0.3, 0.4) is 0 Å². The van der Waals surface area contributed by atoms with Crippen molar-refractivity contribution in [1.82, 2.24) is 15.0 Å². The second-order valence-corrected chi connectivity index (χ2v) is 3.99. The minimum atomic E-state index is -0.269. The van der Waals surface area contributed by atoms with Crippen molar-refractivity contribution in [1.29, 1.82) is 0 Å². The van der Waals surface area contributed by atoms with Gasteiger partial charge in [-0.3, -0.25) is 9.97 Å². The van der Waals surface area contributed by atoms with Crippen molar-refractivity contribution in [3.8, 4) is 11.3 Å². The van der Waals surface area contributed by atoms with E-state index in [2.05, 4.69) is 15.0 Å². The lowest BCUT2D eigenvalue weighted by Crippen LogP contribution is -2.00. The second-order valence-electron chi connectivity index (χ2n) is 3.99. The van der Waals surface area contributed by atoms with Crippen molar-refractivity contribution in [2.45, 2.75) is 6.54 Å². The standard InChI is InChI=1S/C13H11FN4/c14-8-1-2-12-10(3-8)11(6-18-12)13-7-16-9(4-15)5-17-13/h1-3,5-7,18H,4,15H2. The van der Waals surface area contributed by atoms with Crippen LogP contribution in [0.1, 0.15) is 5.69 Å². The highest BCUT2D eigenvalue weighted by Crippen LogP contribution is 2.27. The van der Waals surface area contributed by atoms with Crippen molar-refractivity contribution >= 4 is 10.9 Å². The second kappa shape index (κ2) is 4.19. The van der Waals surface area contributed by atoms with Gasteiger partial charge in [0.2, 0.25) is 0 Å². The molecule has 0 amide bonds. The lowest BCUT2D eigenvalue weighted by molar-refractivity contribution is 0.630. The van der Waals surface area contributed by atoms with Crippen LogP contribution in [-0.2, 0) is 6.54 Å². The SMILES string of the molecule is NCc1cnc(-c2c[nH]c3ccc(F)cc23)cn1. The number of benzene rings is 1. The van der Waals surface area contributed by atoms with Gasteiger partial charge in [0.05, 0.1) is 23.8 Å². The normalized spacial score (nSPS) is 11.0. The maximum Gasteiger partial charge on any atom is 0.123 e. The topological polar surface area (TPSA) is 67.6 Å². The Morgan fingerprint density at radius 2 is 2.11 bits per heavy atom. The Kier molecular flexibility index (Phi) is 2.53. The van der Waals surface area contributed by atoms with Gasteiger partial charge < -0.3 is 10.7 Å². The van der Waals surface area contributed by atoms with Gasteiger partial charge in [-0.05, 0) is 18.2 Å². The van der Waals surface area contributed by atoms with Gasteiger partial charge in [0.1, 0.15) is 5.82 Å². The number of hydrogen-bond acceptors (Lipinski definition) is 3. The van der Waals surface area contributed by atoms with E-state index in [1.165, 1.54) is 12.1 Å². The molecule has 2 heterocycles. The van der Waals surface area contributed by atoms with E-state index in [-0.39, 0.29) is 5.82 Å². The molecule has 3 rings (SSSR count). The van der Waals surface area contributed by atoms with Gasteiger partial charge in [0, 0.05) is 29.2 Å². The highest BCUT2D eigenvalue weighted by molar-refractivity contribution is 5.94. The first-order valence-electron chi connectivity index (χ1n) is 5.56. The molecular formula is C13H11FN4. The zero-order chi connectivity index (χ0) is 12.5. The van der Waals surface area contributed by atoms with Gasteiger partial charge >= 0.3 is 0 Å². The van der Waals surface area contributed by atoms with Gasteiger partial charge in [-0.25, -0.2) is 4.39 Å². The molecule has 0 saturated heterocycles. The molecule has 0 unspecified atom stereocenters. The third-order valence-corrected chi connectivity index (χ3v) is 2.83. The molecule has 0 aliphatic heterocycles. The molecule has 3 N–H and O–H groups in total. The lowest BCUT2D eigenvalue weighted by Gasteiger charge is -2.00. The van der Waals surface area contributed by atoms with Crippen molar-refractivity contribution in [2.24, 2.45) is 5.73 Å². The third-order valence-electron chi connectivity index (χ3n) is 2.83. The van der Waals surface area contributed by atoms with Crippen LogP contribution in [-0.4, -0.2) is 15.0 Å². The molecule has 0 aliphatic rings. The van der Waals surface area contributed by atoms with Crippen LogP contribution in [0.25, 0.3) is 22.2 Å². The summed E-state index contributed by atoms with van der Waals surface area (Å²) in [5.74, 6) is -0.269. The fraction of sp³-hybridized carbons (Fsp3) is 0.0769. The molecule has 0 aliphatic carbocycles. The van der Waals surface area contributed by atoms with Crippen LogP contribution >= 0.6 is 0 Å². The average molecular weight is 242 g/mol. The molecule has 4 nitrogen and oxygen atoms in total. The van der Waals surface area contributed by atoms with Gasteiger partial charge in [0.25, 0.3) is 0 Å². The third kappa shape index (κ3) is 1.74. The van der Waals surface area contributed by atoms with E-state index in [1.807, 2.05) is 0 Å². The molecule has 0 atom stereocenters. The fourth-order valence-electron chi connectivity index (χ4n) is 1.90. The molecule has 0 saturated carbocycles. The Bertz CT molecular complexity index is 688. The number of fused-ring (bicyclic) bond motifs is 1. The molecular weight excluding hydrogens is 231 g/mol. The van der Waals surface area contributed by atoms with Crippen LogP contribution in [0, 0.1) is 5.82 Å². The summed E-state index contributed by atoms with van der Waals surface area (Å²) in [5.41, 5.74) is 8.60. The van der Waals surface area contributed by atoms with E-state index < -0.39 is 0 Å². The Balaban J connectivity index is 2.15. The number of H-pyrrole nitrogens is 1. The highest BCUT2D eigenvalue weighted by atomic mass is 19.1. The molecule has 18 heavy (non-hydrogen) atoms. The summed E-state index contributed by atoms with van der Waals surface area (Å²) in [6, 6.07) is 4.61. The average Bonchev–Trinajstić information content (AvgIpc) is 2.82. The zero-order valence-electron chi connectivity index (χ0n) is 9.52. The van der Waals surface area contributed by atoms with E-state index in [9.17, 15) is 4.39 Å². The molecule has 2 aromatic heterocycles. The van der Waals surface area contributed by atoms with Crippen LogP contribution < -0.4 is 5.73 Å². The maximum atomic E-state index is 13.3. The first kappa shape index (κ1) is 10.9. The van der Waals surface area contributed by atoms with Gasteiger partial charge in [0.15, 0.2) is 0 Å². The summed E-state index contributed by atoms with van der Waals surface area (Å²) < 4.78 is 13.3. The molecule has 5 heteroatoms. The number of aromatic nitrogens is 3. The quantitative estimate of drug-likeness (QED) is 0.724. The minimum Gasteiger partial charge on any atom is -0.360 e. The maximum absolute atomic E-state index is 13.3. The summed E-state index contributed by atoms with van der Waals surface area (Å²) in [6.45, 7) is 0.357. The fourth-order valence-corrected chi connectivity index (χ4v) is 1.90. The van der Waals surface area contributed by atoms with Gasteiger partial charge in [-0.15, -0.1) is 0 Å². The smallest absolute Gasteiger partial charge is 0.123 e. The molecule has 1 aromatic carbocycles. The predicted octanol–water partition coefficient (Wildman–Crippen LogP) is 2.22. The first-order valence-corrected chi connectivity index (χ1v) is 5.56. The number of nitrogens with zero attached hydrogens (tertiary/aromatic N) is 2. The van der Waals surface area contributed by atoms with Crippen LogP contribution in [0.2, 0.25) is 0 Å². The Morgan fingerprint density at radius 1 is 1.22 bits per heavy atom. The Morgan fingerprint density at radius 3 is 2.83 bits per heavy atom. The summed E-state index contributed by atoms with van der Waals surface area (Å²) in [6.07, 6.45) is 5.08. The monoisotopic (exact) mass is 242 g/mol. The zero-order valence-corrected chi connectivity index (χ0v) is 9.52. The molecule has 0 radical (unpaired) electrons. The number of nitrogens with one attached hydrogen (secondary N) is 1. The first-order chi connectivity index (χ1) is 8.78. The molecule has 0 spiro atoms. The number of aromatic amines is 1. The van der Waals surface area contributed by atoms with E-state index in [0.717, 1.165) is 22.2 Å². The van der Waals surface area contributed by atoms with Gasteiger partial charge in [-0.1, -0.05) is 0 Å². The van der Waals surface area contributed by atoms with E-state index in [0.29, 0.717) is 12.2 Å². The van der Waals surface area contributed by atoms with Crippen LogP contribution in [0.5, 0.6) is 0 Å². The molecule has 0 fully saturated rings. The number of hydrogen-bond donors (Lipinski definition) is 2. The Hall–Kier alpha value is -2.27. The van der Waals surface area contributed by atoms with Crippen LogP contribution in [0.4, 0.5) is 4.39 Å². The molecule has 0 bridgehead atoms. The molecule has 3 aromatic rings. The summed E-state index contributed by atoms with van der Waals surface area (Å²) >= 11 is 0. The predicted molar refractivity (Wildman–Crippen MR) is 67.2 cm³/mol. The van der Waals surface area contributed by atoms with E-state index in [4.69, 9.17) is 5.73 Å². The van der Waals surface area contributed by atoms with Gasteiger partial charge in [-0.2, -0.15) is 0 Å². The summed E-state index contributed by atoms with van der Waals surface area (Å²) in [7, 11) is 0. The molecule has 90 valence electrons. The number of rotatable bonds is 2. The number of nitrogens with two attached hydrogens (primary N) is 1. The van der Waals surface area contributed by atoms with Crippen molar-refractivity contribution in [2.75, 3.05) is 0 Å². The van der Waals surface area contributed by atoms with E-state index in [1.54, 1.807) is 24.7 Å². The minimum absolute atomic E-state index is 0.269. The summed E-state index contributed by atoms with van der Waals surface area (Å²) in [4.78, 5) is 11.6.